The van der Waals surface area contributed by atoms with Gasteiger partial charge in [0.05, 0.1) is 44.1 Å². The lowest BCUT2D eigenvalue weighted by molar-refractivity contribution is -0.151. The number of halogens is 1. The van der Waals surface area contributed by atoms with Gasteiger partial charge in [-0.15, -0.1) is 0 Å². The van der Waals surface area contributed by atoms with Gasteiger partial charge in [0.2, 0.25) is 5.91 Å². The van der Waals surface area contributed by atoms with Crippen LogP contribution in [0.2, 0.25) is 18.6 Å². The van der Waals surface area contributed by atoms with E-state index in [0.29, 0.717) is 43.7 Å². The van der Waals surface area contributed by atoms with E-state index in [9.17, 15) is 19.5 Å². The molecule has 0 aromatic heterocycles. The number of hydrogen-bond acceptors (Lipinski definition) is 8. The highest BCUT2D eigenvalue weighted by Gasteiger charge is 2.66. The van der Waals surface area contributed by atoms with Crippen molar-refractivity contribution in [2.45, 2.75) is 87.6 Å². The first kappa shape index (κ1) is 40.1. The van der Waals surface area contributed by atoms with Crippen molar-refractivity contribution < 1.29 is 29.0 Å². The molecular formula is C46H52BrN5O6Si. The normalized spacial score (nSPS) is 26.3. The molecular weight excluding hydrogens is 827 g/mol. The predicted molar refractivity (Wildman–Crippen MR) is 233 cm³/mol. The number of amides is 3. The number of carbonyl (C=O) groups excluding carboxylic acids is 3. The molecule has 5 atom stereocenters. The minimum atomic E-state index is -3.05. The molecule has 308 valence electrons. The number of piperidine rings is 1. The summed E-state index contributed by atoms with van der Waals surface area (Å²) < 4.78 is 7.84. The number of benzene rings is 4. The van der Waals surface area contributed by atoms with Crippen LogP contribution >= 0.6 is 15.9 Å². The van der Waals surface area contributed by atoms with Gasteiger partial charge < -0.3 is 34.7 Å². The third-order valence-corrected chi connectivity index (χ3v) is 16.7. The van der Waals surface area contributed by atoms with E-state index in [4.69, 9.17) is 4.74 Å². The first-order valence-corrected chi connectivity index (χ1v) is 24.6. The van der Waals surface area contributed by atoms with Crippen molar-refractivity contribution >= 4 is 59.0 Å². The summed E-state index contributed by atoms with van der Waals surface area (Å²) in [6.07, 6.45) is 1.23. The molecule has 0 aliphatic carbocycles. The van der Waals surface area contributed by atoms with Gasteiger partial charge in [0.25, 0.3) is 11.8 Å². The number of aliphatic hydroxyl groups is 1. The van der Waals surface area contributed by atoms with E-state index in [1.165, 1.54) is 0 Å². The van der Waals surface area contributed by atoms with Crippen molar-refractivity contribution in [3.05, 3.63) is 124 Å². The summed E-state index contributed by atoms with van der Waals surface area (Å²) in [4.78, 5) is 63.6. The number of anilines is 3. The fraction of sp³-hybridized carbons (Fsp3) is 0.413. The maximum atomic E-state index is 15.3. The predicted octanol–water partition coefficient (Wildman–Crippen LogP) is 6.06. The number of carbonyl (C=O) groups is 3. The number of rotatable bonds is 8. The van der Waals surface area contributed by atoms with E-state index < -0.39 is 37.0 Å². The zero-order chi connectivity index (χ0) is 41.3. The number of nitrogens with zero attached hydrogens (tertiary/aromatic N) is 4. The van der Waals surface area contributed by atoms with Gasteiger partial charge in [-0.05, 0) is 105 Å². The van der Waals surface area contributed by atoms with Gasteiger partial charge in [-0.25, -0.2) is 0 Å². The molecule has 4 aromatic rings. The van der Waals surface area contributed by atoms with Crippen molar-refractivity contribution in [2.75, 3.05) is 41.1 Å². The Balaban J connectivity index is 1.02. The summed E-state index contributed by atoms with van der Waals surface area (Å²) in [6, 6.07) is 31.5. The van der Waals surface area contributed by atoms with E-state index >= 15 is 4.79 Å². The number of para-hydroxylation sites is 1. The lowest BCUT2D eigenvalue weighted by atomic mass is 9.82. The molecule has 0 saturated carbocycles. The van der Waals surface area contributed by atoms with Crippen LogP contribution in [0.4, 0.5) is 17.1 Å². The average Bonchev–Trinajstić information content (AvgIpc) is 3.77. The highest BCUT2D eigenvalue weighted by molar-refractivity contribution is 9.10. The maximum absolute atomic E-state index is 15.3. The lowest BCUT2D eigenvalue weighted by Gasteiger charge is -2.39. The van der Waals surface area contributed by atoms with Gasteiger partial charge in [-0.1, -0.05) is 77.5 Å². The second kappa shape index (κ2) is 15.3. The highest BCUT2D eigenvalue weighted by Crippen LogP contribution is 2.60. The van der Waals surface area contributed by atoms with Gasteiger partial charge in [0, 0.05) is 39.4 Å². The van der Waals surface area contributed by atoms with Gasteiger partial charge in [-0.3, -0.25) is 19.3 Å². The van der Waals surface area contributed by atoms with Crippen molar-refractivity contribution in [1.82, 2.24) is 10.2 Å². The fourth-order valence-electron chi connectivity index (χ4n) is 10.9. The van der Waals surface area contributed by atoms with Crippen LogP contribution in [0.25, 0.3) is 0 Å². The molecule has 3 saturated heterocycles. The number of aliphatic hydroxyl groups excluding tert-OH is 1. The Hall–Kier alpha value is -4.37. The second-order valence-electron chi connectivity index (χ2n) is 17.5. The average molecular weight is 879 g/mol. The number of fused-ring (bicyclic) bond motifs is 3. The molecule has 3 fully saturated rings. The molecule has 0 unspecified atom stereocenters. The van der Waals surface area contributed by atoms with E-state index in [-0.39, 0.29) is 43.3 Å². The molecule has 13 heteroatoms. The van der Waals surface area contributed by atoms with Crippen LogP contribution in [-0.4, -0.2) is 84.9 Å². The minimum absolute atomic E-state index is 0.0213. The number of ether oxygens (including phenoxy) is 1. The summed E-state index contributed by atoms with van der Waals surface area (Å²) in [7, 11) is -3.05. The highest BCUT2D eigenvalue weighted by atomic mass is 79.9. The molecule has 59 heavy (non-hydrogen) atoms. The molecule has 0 bridgehead atoms. The van der Waals surface area contributed by atoms with E-state index in [0.717, 1.165) is 45.6 Å². The van der Waals surface area contributed by atoms with Crippen molar-refractivity contribution in [3.63, 3.8) is 0 Å². The monoisotopic (exact) mass is 877 g/mol. The summed E-state index contributed by atoms with van der Waals surface area (Å²) in [6.45, 7) is 8.10. The van der Waals surface area contributed by atoms with Crippen LogP contribution in [0.1, 0.15) is 48.4 Å². The Bertz CT molecular complexity index is 2280. The molecule has 0 radical (unpaired) electrons. The van der Waals surface area contributed by atoms with E-state index in [1.807, 2.05) is 110 Å². The maximum Gasteiger partial charge on any atom is 0.264 e. The van der Waals surface area contributed by atoms with Crippen LogP contribution in [0.15, 0.2) is 102 Å². The van der Waals surface area contributed by atoms with Gasteiger partial charge >= 0.3 is 0 Å². The topological polar surface area (TPSA) is 126 Å². The van der Waals surface area contributed by atoms with Crippen LogP contribution in [0.3, 0.4) is 0 Å². The Labute approximate surface area is 355 Å². The van der Waals surface area contributed by atoms with Gasteiger partial charge in [0.15, 0.2) is 13.9 Å². The molecule has 4 aromatic carbocycles. The molecule has 3 N–H and O–H groups in total. The summed E-state index contributed by atoms with van der Waals surface area (Å²) in [5, 5.41) is 13.8. The molecule has 2 spiro atoms. The van der Waals surface area contributed by atoms with Crippen LogP contribution in [0.5, 0.6) is 0 Å². The van der Waals surface area contributed by atoms with Crippen molar-refractivity contribution in [3.8, 4) is 0 Å². The Morgan fingerprint density at radius 1 is 0.915 bits per heavy atom. The summed E-state index contributed by atoms with van der Waals surface area (Å²) >= 11 is 3.66. The summed E-state index contributed by atoms with van der Waals surface area (Å²) in [5.74, 6) is -0.769. The summed E-state index contributed by atoms with van der Waals surface area (Å²) in [5.41, 5.74) is 3.74. The van der Waals surface area contributed by atoms with Crippen molar-refractivity contribution in [1.29, 1.82) is 0 Å². The van der Waals surface area contributed by atoms with Gasteiger partial charge in [0.1, 0.15) is 5.54 Å². The number of hydrogen-bond donors (Lipinski definition) is 3. The van der Waals surface area contributed by atoms with Crippen molar-refractivity contribution in [2.24, 2.45) is 5.92 Å². The molecule has 11 nitrogen and oxygen atoms in total. The standard InChI is InChI=1S/C46H52BrN5O6Si/c1-30-42(59(2,3)57)40(25-41(54)49-27-33-12-8-7-11-32(33)23-37(49)28-53)58-46(30)38-24-34(47)16-17-39(38)50(44(46)56)26-31-10-9-15-36(22-31)51-29-52(35-13-5-4-6-14-35)45(43(51)55)18-20-48-21-19-45/h4-17,22,24,30,37,40,42,48,53,57H,18-21,23,25-29H2,1-3H3/t30-,37+,40+,42-,46+/m1/s1. The largest absolute Gasteiger partial charge is 0.432 e. The van der Waals surface area contributed by atoms with Crippen LogP contribution in [-0.2, 0) is 44.2 Å². The van der Waals surface area contributed by atoms with E-state index in [1.54, 1.807) is 9.80 Å². The molecule has 3 amide bonds. The quantitative estimate of drug-likeness (QED) is 0.183. The third kappa shape index (κ3) is 6.65. The lowest BCUT2D eigenvalue weighted by Crippen LogP contribution is -2.55. The smallest absolute Gasteiger partial charge is 0.264 e. The fourth-order valence-corrected chi connectivity index (χ4v) is 13.8. The zero-order valence-electron chi connectivity index (χ0n) is 33.8. The molecule has 5 aliphatic heterocycles. The SMILES string of the molecule is C[C@@H]1[C@@H]([Si](C)(C)O)[C@H](CC(=O)N2Cc3ccccc3C[C@H]2CO)O[C@@]12C(=O)N(Cc1cccc(N3CN(c4ccccc4)C4(CCNCC4)C3=O)c1)c1ccc(Br)cc12. The molecule has 5 aliphatic rings. The Morgan fingerprint density at radius 2 is 1.63 bits per heavy atom. The minimum Gasteiger partial charge on any atom is -0.432 e. The number of nitrogens with one attached hydrogen (secondary N) is 1. The Morgan fingerprint density at radius 3 is 2.36 bits per heavy atom. The third-order valence-electron chi connectivity index (χ3n) is 13.7. The van der Waals surface area contributed by atoms with E-state index in [2.05, 4.69) is 38.3 Å². The van der Waals surface area contributed by atoms with Crippen LogP contribution < -0.4 is 20.0 Å². The molecule has 5 heterocycles. The first-order chi connectivity index (χ1) is 28.4. The Kier molecular flexibility index (Phi) is 10.4. The second-order valence-corrected chi connectivity index (χ2v) is 22.4. The first-order valence-electron chi connectivity index (χ1n) is 20.8. The zero-order valence-corrected chi connectivity index (χ0v) is 36.4. The molecule has 9 rings (SSSR count). The van der Waals surface area contributed by atoms with Gasteiger partial charge in [-0.2, -0.15) is 0 Å². The van der Waals surface area contributed by atoms with Crippen LogP contribution in [0, 0.1) is 5.92 Å².